The van der Waals surface area contributed by atoms with Gasteiger partial charge in [-0.3, -0.25) is 0 Å². The van der Waals surface area contributed by atoms with Gasteiger partial charge < -0.3 is 10.2 Å². The Bertz CT molecular complexity index is 229. The minimum Gasteiger partial charge on any atom is -0.311 e. The molecule has 0 aliphatic carbocycles. The molecule has 0 aromatic carbocycles. The molecule has 1 aliphatic heterocycles. The summed E-state index contributed by atoms with van der Waals surface area (Å²) in [6.45, 7) is 16.5. The predicted molar refractivity (Wildman–Crippen MR) is 84.5 cm³/mol. The van der Waals surface area contributed by atoms with E-state index in [1.807, 2.05) is 0 Å². The SMILES string of the molecule is CCC(C)(CNC(C)(C)C)CN1CCCSCC1. The van der Waals surface area contributed by atoms with E-state index in [0.717, 1.165) is 6.54 Å². The number of nitrogens with one attached hydrogen (secondary N) is 1. The Morgan fingerprint density at radius 1 is 1.11 bits per heavy atom. The van der Waals surface area contributed by atoms with Crippen LogP contribution < -0.4 is 5.32 Å². The lowest BCUT2D eigenvalue weighted by atomic mass is 9.85. The third-order valence-corrected chi connectivity index (χ3v) is 4.87. The zero-order valence-electron chi connectivity index (χ0n) is 13.0. The van der Waals surface area contributed by atoms with Crippen LogP contribution in [-0.4, -0.2) is 48.1 Å². The average molecular weight is 273 g/mol. The van der Waals surface area contributed by atoms with E-state index in [1.54, 1.807) is 0 Å². The third kappa shape index (κ3) is 6.44. The molecule has 108 valence electrons. The lowest BCUT2D eigenvalue weighted by molar-refractivity contribution is 0.153. The first kappa shape index (κ1) is 16.3. The van der Waals surface area contributed by atoms with Crippen molar-refractivity contribution < 1.29 is 0 Å². The normalized spacial score (nSPS) is 22.5. The molecule has 3 heteroatoms. The van der Waals surface area contributed by atoms with Gasteiger partial charge in [-0.2, -0.15) is 11.8 Å². The summed E-state index contributed by atoms with van der Waals surface area (Å²) < 4.78 is 0. The average Bonchev–Trinajstić information content (AvgIpc) is 2.54. The van der Waals surface area contributed by atoms with E-state index in [0.29, 0.717) is 5.41 Å². The van der Waals surface area contributed by atoms with Crippen molar-refractivity contribution in [3.05, 3.63) is 0 Å². The van der Waals surface area contributed by atoms with Crippen molar-refractivity contribution in [1.82, 2.24) is 10.2 Å². The molecule has 1 unspecified atom stereocenters. The molecule has 1 saturated heterocycles. The van der Waals surface area contributed by atoms with Crippen LogP contribution in [0, 0.1) is 5.41 Å². The van der Waals surface area contributed by atoms with Gasteiger partial charge in [0.05, 0.1) is 0 Å². The fraction of sp³-hybridized carbons (Fsp3) is 1.00. The Morgan fingerprint density at radius 2 is 1.83 bits per heavy atom. The van der Waals surface area contributed by atoms with Gasteiger partial charge in [-0.1, -0.05) is 13.8 Å². The van der Waals surface area contributed by atoms with Gasteiger partial charge in [0.25, 0.3) is 0 Å². The van der Waals surface area contributed by atoms with E-state index < -0.39 is 0 Å². The molecule has 0 aromatic rings. The van der Waals surface area contributed by atoms with Crippen molar-refractivity contribution in [3.63, 3.8) is 0 Å². The number of hydrogen-bond donors (Lipinski definition) is 1. The summed E-state index contributed by atoms with van der Waals surface area (Å²) in [5.74, 6) is 2.66. The summed E-state index contributed by atoms with van der Waals surface area (Å²) in [5.41, 5.74) is 0.632. The third-order valence-electron chi connectivity index (χ3n) is 3.82. The molecule has 1 heterocycles. The highest BCUT2D eigenvalue weighted by Gasteiger charge is 2.27. The van der Waals surface area contributed by atoms with E-state index in [2.05, 4.69) is 56.6 Å². The van der Waals surface area contributed by atoms with Crippen LogP contribution in [-0.2, 0) is 0 Å². The van der Waals surface area contributed by atoms with Crippen LogP contribution >= 0.6 is 11.8 Å². The molecular formula is C15H32N2S. The second-order valence-corrected chi connectivity index (χ2v) is 8.23. The summed E-state index contributed by atoms with van der Waals surface area (Å²) in [4.78, 5) is 2.67. The highest BCUT2D eigenvalue weighted by Crippen LogP contribution is 2.24. The van der Waals surface area contributed by atoms with E-state index in [9.17, 15) is 0 Å². The van der Waals surface area contributed by atoms with Crippen molar-refractivity contribution in [2.75, 3.05) is 37.7 Å². The predicted octanol–water partition coefficient (Wildman–Crippen LogP) is 3.23. The fourth-order valence-corrected chi connectivity index (χ4v) is 3.19. The van der Waals surface area contributed by atoms with E-state index in [4.69, 9.17) is 0 Å². The molecule has 1 atom stereocenters. The first-order valence-corrected chi connectivity index (χ1v) is 8.55. The molecule has 18 heavy (non-hydrogen) atoms. The first-order chi connectivity index (χ1) is 8.35. The topological polar surface area (TPSA) is 15.3 Å². The number of hydrogen-bond acceptors (Lipinski definition) is 3. The van der Waals surface area contributed by atoms with Gasteiger partial charge in [0, 0.05) is 30.9 Å². The maximum absolute atomic E-state index is 3.69. The quantitative estimate of drug-likeness (QED) is 0.827. The maximum atomic E-state index is 3.69. The van der Waals surface area contributed by atoms with Crippen LogP contribution in [0.5, 0.6) is 0 Å². The summed E-state index contributed by atoms with van der Waals surface area (Å²) in [6.07, 6.45) is 2.61. The van der Waals surface area contributed by atoms with Crippen LogP contribution in [0.2, 0.25) is 0 Å². The fourth-order valence-electron chi connectivity index (χ4n) is 2.27. The summed E-state index contributed by atoms with van der Waals surface area (Å²) in [6, 6.07) is 0. The molecule has 0 radical (unpaired) electrons. The summed E-state index contributed by atoms with van der Waals surface area (Å²) in [5, 5.41) is 3.69. The molecule has 0 bridgehead atoms. The van der Waals surface area contributed by atoms with E-state index in [1.165, 1.54) is 44.0 Å². The van der Waals surface area contributed by atoms with Gasteiger partial charge >= 0.3 is 0 Å². The molecule has 0 aromatic heterocycles. The summed E-state index contributed by atoms with van der Waals surface area (Å²) in [7, 11) is 0. The van der Waals surface area contributed by atoms with E-state index >= 15 is 0 Å². The Morgan fingerprint density at radius 3 is 2.44 bits per heavy atom. The van der Waals surface area contributed by atoms with Gasteiger partial charge in [0.15, 0.2) is 0 Å². The van der Waals surface area contributed by atoms with Crippen molar-refractivity contribution >= 4 is 11.8 Å². The lowest BCUT2D eigenvalue weighted by Gasteiger charge is -2.37. The lowest BCUT2D eigenvalue weighted by Crippen LogP contribution is -2.47. The molecule has 1 rings (SSSR count). The Labute approximate surface area is 118 Å². The zero-order chi connectivity index (χ0) is 13.6. The second kappa shape index (κ2) is 7.16. The van der Waals surface area contributed by atoms with Gasteiger partial charge in [0.1, 0.15) is 0 Å². The molecule has 1 fully saturated rings. The van der Waals surface area contributed by atoms with Crippen LogP contribution in [0.25, 0.3) is 0 Å². The monoisotopic (exact) mass is 272 g/mol. The molecule has 0 amide bonds. The van der Waals surface area contributed by atoms with Gasteiger partial charge in [-0.25, -0.2) is 0 Å². The molecule has 0 spiro atoms. The Hall–Kier alpha value is 0.270. The minimum absolute atomic E-state index is 0.227. The number of rotatable bonds is 5. The molecule has 0 saturated carbocycles. The van der Waals surface area contributed by atoms with Crippen molar-refractivity contribution in [2.24, 2.45) is 5.41 Å². The Kier molecular flexibility index (Phi) is 6.49. The second-order valence-electron chi connectivity index (χ2n) is 7.01. The van der Waals surface area contributed by atoms with E-state index in [-0.39, 0.29) is 5.54 Å². The number of nitrogens with zero attached hydrogens (tertiary/aromatic N) is 1. The smallest absolute Gasteiger partial charge is 0.00967 e. The molecule has 1 N–H and O–H groups in total. The zero-order valence-corrected chi connectivity index (χ0v) is 13.8. The van der Waals surface area contributed by atoms with Crippen LogP contribution in [0.3, 0.4) is 0 Å². The highest BCUT2D eigenvalue weighted by molar-refractivity contribution is 7.99. The first-order valence-electron chi connectivity index (χ1n) is 7.40. The van der Waals surface area contributed by atoms with Crippen molar-refractivity contribution in [3.8, 4) is 0 Å². The Balaban J connectivity index is 2.47. The van der Waals surface area contributed by atoms with Gasteiger partial charge in [0.2, 0.25) is 0 Å². The maximum Gasteiger partial charge on any atom is 0.00967 e. The largest absolute Gasteiger partial charge is 0.311 e. The standard InChI is InChI=1S/C15H32N2S/c1-6-15(5,12-16-14(2,3)4)13-17-8-7-10-18-11-9-17/h16H,6-13H2,1-5H3. The van der Waals surface area contributed by atoms with Crippen LogP contribution in [0.1, 0.15) is 47.5 Å². The van der Waals surface area contributed by atoms with Crippen molar-refractivity contribution in [1.29, 1.82) is 0 Å². The van der Waals surface area contributed by atoms with Crippen LogP contribution in [0.15, 0.2) is 0 Å². The number of thioether (sulfide) groups is 1. The minimum atomic E-state index is 0.227. The summed E-state index contributed by atoms with van der Waals surface area (Å²) >= 11 is 2.11. The molecule has 2 nitrogen and oxygen atoms in total. The highest BCUT2D eigenvalue weighted by atomic mass is 32.2. The van der Waals surface area contributed by atoms with Gasteiger partial charge in [-0.15, -0.1) is 0 Å². The van der Waals surface area contributed by atoms with Crippen LogP contribution in [0.4, 0.5) is 0 Å². The van der Waals surface area contributed by atoms with Crippen molar-refractivity contribution in [2.45, 2.75) is 53.0 Å². The molecule has 1 aliphatic rings. The molecular weight excluding hydrogens is 240 g/mol. The van der Waals surface area contributed by atoms with Gasteiger partial charge in [-0.05, 0) is 51.3 Å².